The second-order valence-electron chi connectivity index (χ2n) is 5.10. The fourth-order valence-electron chi connectivity index (χ4n) is 2.46. The molecule has 4 nitrogen and oxygen atoms in total. The number of sulfonamides is 1. The Labute approximate surface area is 138 Å². The average molecular weight is 369 g/mol. The number of hydrogen-bond donors (Lipinski definition) is 0. The SMILES string of the molecule is CCOC1CCCN(S(=O)(=O)c2ccc(SC(F)(F)F)cc2)C1. The summed E-state index contributed by atoms with van der Waals surface area (Å²) >= 11 is -0.266. The summed E-state index contributed by atoms with van der Waals surface area (Å²) in [5.41, 5.74) is -4.39. The van der Waals surface area contributed by atoms with Crippen LogP contribution in [0.25, 0.3) is 0 Å². The van der Waals surface area contributed by atoms with Crippen LogP contribution in [-0.2, 0) is 14.8 Å². The molecule has 1 atom stereocenters. The van der Waals surface area contributed by atoms with Gasteiger partial charge in [0.25, 0.3) is 0 Å². The van der Waals surface area contributed by atoms with Gasteiger partial charge in [0.05, 0.1) is 11.0 Å². The molecule has 23 heavy (non-hydrogen) atoms. The van der Waals surface area contributed by atoms with Crippen molar-refractivity contribution >= 4 is 21.8 Å². The van der Waals surface area contributed by atoms with Gasteiger partial charge in [-0.2, -0.15) is 17.5 Å². The van der Waals surface area contributed by atoms with Crippen molar-refractivity contribution in [1.82, 2.24) is 4.31 Å². The first-order chi connectivity index (χ1) is 10.7. The standard InChI is InChI=1S/C14H18F3NO3S2/c1-2-21-11-4-3-9-18(10-11)23(19,20)13-7-5-12(6-8-13)22-14(15,16)17/h5-8,11H,2-4,9-10H2,1H3. The molecule has 1 fully saturated rings. The van der Waals surface area contributed by atoms with Crippen molar-refractivity contribution in [3.8, 4) is 0 Å². The second-order valence-corrected chi connectivity index (χ2v) is 8.18. The molecule has 1 aromatic rings. The lowest BCUT2D eigenvalue weighted by molar-refractivity contribution is -0.0328. The van der Waals surface area contributed by atoms with Crippen LogP contribution in [-0.4, -0.2) is 44.0 Å². The van der Waals surface area contributed by atoms with E-state index in [4.69, 9.17) is 4.74 Å². The van der Waals surface area contributed by atoms with E-state index in [0.717, 1.165) is 6.42 Å². The maximum atomic E-state index is 12.6. The number of hydrogen-bond acceptors (Lipinski definition) is 4. The first-order valence-electron chi connectivity index (χ1n) is 7.20. The molecule has 130 valence electrons. The number of benzene rings is 1. The summed E-state index contributed by atoms with van der Waals surface area (Å²) in [6.45, 7) is 3.03. The topological polar surface area (TPSA) is 46.6 Å². The molecule has 0 bridgehead atoms. The third-order valence-corrected chi connectivity index (χ3v) is 6.06. The molecule has 0 amide bonds. The molecule has 1 aliphatic heterocycles. The highest BCUT2D eigenvalue weighted by molar-refractivity contribution is 8.00. The van der Waals surface area contributed by atoms with Gasteiger partial charge in [-0.3, -0.25) is 0 Å². The lowest BCUT2D eigenvalue weighted by atomic mass is 10.1. The largest absolute Gasteiger partial charge is 0.446 e. The van der Waals surface area contributed by atoms with Gasteiger partial charge >= 0.3 is 5.51 Å². The summed E-state index contributed by atoms with van der Waals surface area (Å²) in [6.07, 6.45) is 1.37. The minimum atomic E-state index is -4.39. The van der Waals surface area contributed by atoms with E-state index in [1.807, 2.05) is 6.92 Å². The van der Waals surface area contributed by atoms with Crippen molar-refractivity contribution in [2.75, 3.05) is 19.7 Å². The maximum Gasteiger partial charge on any atom is 0.446 e. The van der Waals surface area contributed by atoms with E-state index in [2.05, 4.69) is 0 Å². The molecule has 2 rings (SSSR count). The zero-order chi connectivity index (χ0) is 17.1. The van der Waals surface area contributed by atoms with Gasteiger partial charge in [-0.25, -0.2) is 8.42 Å². The summed E-state index contributed by atoms with van der Waals surface area (Å²) in [6, 6.07) is 4.78. The maximum absolute atomic E-state index is 12.6. The molecule has 0 N–H and O–H groups in total. The number of ether oxygens (including phenoxy) is 1. The van der Waals surface area contributed by atoms with Crippen LogP contribution in [0.3, 0.4) is 0 Å². The van der Waals surface area contributed by atoms with Crippen molar-refractivity contribution in [1.29, 1.82) is 0 Å². The van der Waals surface area contributed by atoms with E-state index in [9.17, 15) is 21.6 Å². The van der Waals surface area contributed by atoms with Gasteiger partial charge in [-0.1, -0.05) is 0 Å². The quantitative estimate of drug-likeness (QED) is 0.746. The highest BCUT2D eigenvalue weighted by Crippen LogP contribution is 2.37. The molecule has 0 saturated carbocycles. The van der Waals surface area contributed by atoms with Gasteiger partial charge in [-0.05, 0) is 55.8 Å². The Morgan fingerprint density at radius 2 is 1.96 bits per heavy atom. The number of halogens is 3. The minimum absolute atomic E-state index is 0.00109. The van der Waals surface area contributed by atoms with Gasteiger partial charge < -0.3 is 4.74 Å². The molecule has 0 spiro atoms. The van der Waals surface area contributed by atoms with Crippen LogP contribution in [0.4, 0.5) is 13.2 Å². The monoisotopic (exact) mass is 369 g/mol. The van der Waals surface area contributed by atoms with Crippen molar-refractivity contribution in [2.45, 2.75) is 41.2 Å². The Bertz CT molecular complexity index is 615. The molecular weight excluding hydrogens is 351 g/mol. The van der Waals surface area contributed by atoms with Gasteiger partial charge in [0.15, 0.2) is 0 Å². The van der Waals surface area contributed by atoms with Gasteiger partial charge in [0.1, 0.15) is 0 Å². The molecule has 0 radical (unpaired) electrons. The molecule has 1 heterocycles. The number of nitrogens with zero attached hydrogens (tertiary/aromatic N) is 1. The van der Waals surface area contributed by atoms with E-state index in [1.165, 1.54) is 28.6 Å². The smallest absolute Gasteiger partial charge is 0.377 e. The van der Waals surface area contributed by atoms with Gasteiger partial charge in [0, 0.05) is 24.6 Å². The molecule has 1 aromatic carbocycles. The predicted molar refractivity (Wildman–Crippen MR) is 81.8 cm³/mol. The van der Waals surface area contributed by atoms with Crippen LogP contribution in [0.5, 0.6) is 0 Å². The van der Waals surface area contributed by atoms with Crippen molar-refractivity contribution < 1.29 is 26.3 Å². The zero-order valence-electron chi connectivity index (χ0n) is 12.5. The van der Waals surface area contributed by atoms with Crippen molar-refractivity contribution in [2.24, 2.45) is 0 Å². The van der Waals surface area contributed by atoms with E-state index in [-0.39, 0.29) is 34.2 Å². The van der Waals surface area contributed by atoms with Gasteiger partial charge in [-0.15, -0.1) is 0 Å². The first-order valence-corrected chi connectivity index (χ1v) is 9.45. The molecule has 0 aromatic heterocycles. The number of alkyl halides is 3. The van der Waals surface area contributed by atoms with Crippen LogP contribution in [0.1, 0.15) is 19.8 Å². The third kappa shape index (κ3) is 5.10. The Kier molecular flexibility index (Phi) is 5.99. The van der Waals surface area contributed by atoms with Crippen LogP contribution >= 0.6 is 11.8 Å². The van der Waals surface area contributed by atoms with E-state index < -0.39 is 15.5 Å². The number of thioether (sulfide) groups is 1. The Hall–Kier alpha value is -0.770. The number of rotatable bonds is 5. The zero-order valence-corrected chi connectivity index (χ0v) is 14.2. The lowest BCUT2D eigenvalue weighted by Gasteiger charge is -2.31. The summed E-state index contributed by atoms with van der Waals surface area (Å²) < 4.78 is 68.9. The molecule has 9 heteroatoms. The Morgan fingerprint density at radius 1 is 1.30 bits per heavy atom. The van der Waals surface area contributed by atoms with Crippen LogP contribution < -0.4 is 0 Å². The van der Waals surface area contributed by atoms with E-state index >= 15 is 0 Å². The summed E-state index contributed by atoms with van der Waals surface area (Å²) in [4.78, 5) is -0.0385. The summed E-state index contributed by atoms with van der Waals surface area (Å²) in [5, 5.41) is 0. The minimum Gasteiger partial charge on any atom is -0.377 e. The summed E-state index contributed by atoms with van der Waals surface area (Å²) in [7, 11) is -3.71. The Balaban J connectivity index is 2.13. The fourth-order valence-corrected chi connectivity index (χ4v) is 4.51. The highest BCUT2D eigenvalue weighted by atomic mass is 32.2. The molecule has 0 aliphatic carbocycles. The fraction of sp³-hybridized carbons (Fsp3) is 0.571. The lowest BCUT2D eigenvalue weighted by Crippen LogP contribution is -2.43. The second kappa shape index (κ2) is 7.42. The Morgan fingerprint density at radius 3 is 2.52 bits per heavy atom. The van der Waals surface area contributed by atoms with E-state index in [0.29, 0.717) is 19.6 Å². The normalized spacial score (nSPS) is 20.6. The van der Waals surface area contributed by atoms with Crippen molar-refractivity contribution in [3.05, 3.63) is 24.3 Å². The van der Waals surface area contributed by atoms with Crippen LogP contribution in [0.15, 0.2) is 34.1 Å². The highest BCUT2D eigenvalue weighted by Gasteiger charge is 2.32. The molecule has 1 unspecified atom stereocenters. The predicted octanol–water partition coefficient (Wildman–Crippen LogP) is 3.49. The van der Waals surface area contributed by atoms with E-state index in [1.54, 1.807) is 0 Å². The third-order valence-electron chi connectivity index (χ3n) is 3.44. The number of piperidine rings is 1. The molecule has 1 saturated heterocycles. The first kappa shape index (κ1) is 18.6. The molecular formula is C14H18F3NO3S2. The molecule has 1 aliphatic rings. The van der Waals surface area contributed by atoms with Crippen LogP contribution in [0, 0.1) is 0 Å². The summed E-state index contributed by atoms with van der Waals surface area (Å²) in [5.74, 6) is 0. The average Bonchev–Trinajstić information content (AvgIpc) is 2.47. The van der Waals surface area contributed by atoms with Crippen LogP contribution in [0.2, 0.25) is 0 Å². The van der Waals surface area contributed by atoms with Crippen molar-refractivity contribution in [3.63, 3.8) is 0 Å². The van der Waals surface area contributed by atoms with Gasteiger partial charge in [0.2, 0.25) is 10.0 Å².